The topological polar surface area (TPSA) is 75.0 Å². The van der Waals surface area contributed by atoms with Gasteiger partial charge < -0.3 is 24.3 Å². The van der Waals surface area contributed by atoms with Crippen LogP contribution in [-0.4, -0.2) is 119 Å². The first-order valence-electron chi connectivity index (χ1n) is 14.7. The molecule has 1 spiro atoms. The Bertz CT molecular complexity index is 1450. The number of aromatic nitrogens is 2. The summed E-state index contributed by atoms with van der Waals surface area (Å²) in [4.78, 5) is 21.5. The number of benzene rings is 1. The normalized spacial score (nSPS) is 24.8. The molecule has 10 heteroatoms. The number of piperazine rings is 1. The third-order valence-corrected chi connectivity index (χ3v) is 9.16. The number of ether oxygens (including phenoxy) is 1. The number of fused-ring (bicyclic) bond motifs is 1. The molecule has 7 rings (SSSR count). The Hall–Kier alpha value is -3.39. The summed E-state index contributed by atoms with van der Waals surface area (Å²) in [5.41, 5.74) is 4.45. The maximum absolute atomic E-state index is 9.59. The number of nitriles is 1. The Morgan fingerprint density at radius 2 is 1.78 bits per heavy atom. The van der Waals surface area contributed by atoms with E-state index in [4.69, 9.17) is 17.6 Å². The molecule has 3 aromatic rings. The van der Waals surface area contributed by atoms with Gasteiger partial charge in [0, 0.05) is 88.5 Å². The zero-order valence-corrected chi connectivity index (χ0v) is 24.0. The van der Waals surface area contributed by atoms with E-state index < -0.39 is 0 Å². The molecular formula is C31H37BN8O. The van der Waals surface area contributed by atoms with Crippen LogP contribution in [0.1, 0.15) is 12.5 Å². The lowest BCUT2D eigenvalue weighted by Crippen LogP contribution is -2.71. The fourth-order valence-electron chi connectivity index (χ4n) is 7.38. The zero-order chi connectivity index (χ0) is 28.1. The van der Waals surface area contributed by atoms with E-state index in [1.807, 2.05) is 24.3 Å². The van der Waals surface area contributed by atoms with Crippen molar-refractivity contribution in [1.29, 1.82) is 5.26 Å². The molecule has 0 N–H and O–H groups in total. The van der Waals surface area contributed by atoms with Gasteiger partial charge in [-0.1, -0.05) is 6.07 Å². The van der Waals surface area contributed by atoms with Crippen molar-refractivity contribution in [3.8, 4) is 6.07 Å². The summed E-state index contributed by atoms with van der Waals surface area (Å²) in [5.74, 6) is 1.11. The van der Waals surface area contributed by atoms with Crippen LogP contribution in [0.25, 0.3) is 10.9 Å². The number of nitrogens with zero attached hydrogens (tertiary/aromatic N) is 8. The number of morpholine rings is 1. The van der Waals surface area contributed by atoms with E-state index in [-0.39, 0.29) is 12.2 Å². The van der Waals surface area contributed by atoms with E-state index in [1.54, 1.807) is 0 Å². The van der Waals surface area contributed by atoms with Gasteiger partial charge in [-0.25, -0.2) is 4.98 Å². The fourth-order valence-corrected chi connectivity index (χ4v) is 7.38. The van der Waals surface area contributed by atoms with E-state index in [1.165, 1.54) is 18.8 Å². The molecule has 1 aromatic carbocycles. The second-order valence-corrected chi connectivity index (χ2v) is 12.5. The van der Waals surface area contributed by atoms with Gasteiger partial charge >= 0.3 is 0 Å². The van der Waals surface area contributed by atoms with Gasteiger partial charge in [0.05, 0.1) is 35.2 Å². The monoisotopic (exact) mass is 548 g/mol. The second kappa shape index (κ2) is 10.5. The Balaban J connectivity index is 0.951. The SMILES string of the molecule is [B]c1ccc2c(N3C[C@H](CN4CCN(c5ccc(N6CC7(CN(C)C7)C6)nc5)CC4)O[C@H](C)C3)ccc(C#N)c2n1. The number of pyridine rings is 2. The van der Waals surface area contributed by atoms with E-state index >= 15 is 0 Å². The maximum atomic E-state index is 9.59. The highest BCUT2D eigenvalue weighted by Crippen LogP contribution is 2.40. The van der Waals surface area contributed by atoms with Crippen LogP contribution in [0.3, 0.4) is 0 Å². The molecular weight excluding hydrogens is 511 g/mol. The van der Waals surface area contributed by atoms with Crippen LogP contribution >= 0.6 is 0 Å². The van der Waals surface area contributed by atoms with E-state index in [2.05, 4.69) is 67.9 Å². The molecule has 210 valence electrons. The molecule has 6 heterocycles. The number of likely N-dealkylation sites (tertiary alicyclic amines) is 1. The summed E-state index contributed by atoms with van der Waals surface area (Å²) in [6.45, 7) is 13.3. The minimum atomic E-state index is 0.106. The van der Waals surface area contributed by atoms with Crippen LogP contribution in [0.15, 0.2) is 42.6 Å². The lowest BCUT2D eigenvalue weighted by atomic mass is 9.73. The van der Waals surface area contributed by atoms with Crippen LogP contribution in [0.4, 0.5) is 17.2 Å². The van der Waals surface area contributed by atoms with Crippen LogP contribution in [0.5, 0.6) is 0 Å². The highest BCUT2D eigenvalue weighted by molar-refractivity contribution is 6.31. The van der Waals surface area contributed by atoms with Crippen molar-refractivity contribution in [2.45, 2.75) is 19.1 Å². The van der Waals surface area contributed by atoms with Gasteiger partial charge in [0.1, 0.15) is 19.7 Å². The quantitative estimate of drug-likeness (QED) is 0.441. The first-order valence-corrected chi connectivity index (χ1v) is 14.7. The average molecular weight is 549 g/mol. The summed E-state index contributed by atoms with van der Waals surface area (Å²) >= 11 is 0. The molecule has 4 fully saturated rings. The van der Waals surface area contributed by atoms with E-state index in [0.717, 1.165) is 75.8 Å². The summed E-state index contributed by atoms with van der Waals surface area (Å²) in [7, 11) is 8.15. The average Bonchev–Trinajstić information content (AvgIpc) is 2.94. The standard InChI is InChI=1S/C31H37BN8O/c1-22-15-39(27-6-3-23(13-33)30-26(27)5-7-28(32)35-30)17-25(41-22)16-37-9-11-38(12-10-37)24-4-8-29(34-14-24)40-20-31(21-40)18-36(2)19-31/h3-8,14,22,25H,9-12,15-21H2,1-2H3/t22-,25+/m1/s1. The Morgan fingerprint density at radius 3 is 2.49 bits per heavy atom. The Labute approximate surface area is 243 Å². The minimum absolute atomic E-state index is 0.106. The Kier molecular flexibility index (Phi) is 6.77. The number of anilines is 3. The third-order valence-electron chi connectivity index (χ3n) is 9.16. The number of hydrogen-bond donors (Lipinski definition) is 0. The maximum Gasteiger partial charge on any atom is 0.141 e. The van der Waals surface area contributed by atoms with Crippen molar-refractivity contribution in [3.63, 3.8) is 0 Å². The van der Waals surface area contributed by atoms with Crippen molar-refractivity contribution < 1.29 is 4.74 Å². The van der Waals surface area contributed by atoms with Gasteiger partial charge in [-0.3, -0.25) is 9.88 Å². The first kappa shape index (κ1) is 26.5. The molecule has 9 nitrogen and oxygen atoms in total. The molecule has 2 aromatic heterocycles. The molecule has 2 atom stereocenters. The fraction of sp³-hybridized carbons (Fsp3) is 0.516. The van der Waals surface area contributed by atoms with Gasteiger partial charge in [0.15, 0.2) is 0 Å². The van der Waals surface area contributed by atoms with Crippen LogP contribution in [0, 0.1) is 16.7 Å². The molecule has 0 bridgehead atoms. The first-order chi connectivity index (χ1) is 19.9. The second-order valence-electron chi connectivity index (χ2n) is 12.5. The van der Waals surface area contributed by atoms with Crippen molar-refractivity contribution in [2.24, 2.45) is 5.41 Å². The largest absolute Gasteiger partial charge is 0.370 e. The van der Waals surface area contributed by atoms with Crippen LogP contribution in [-0.2, 0) is 4.74 Å². The summed E-state index contributed by atoms with van der Waals surface area (Å²) in [5, 5.41) is 10.5. The predicted molar refractivity (Wildman–Crippen MR) is 163 cm³/mol. The van der Waals surface area contributed by atoms with Gasteiger partial charge in [-0.15, -0.1) is 0 Å². The molecule has 4 aliphatic rings. The van der Waals surface area contributed by atoms with Crippen molar-refractivity contribution >= 4 is 41.5 Å². The zero-order valence-electron chi connectivity index (χ0n) is 24.0. The van der Waals surface area contributed by atoms with Crippen molar-refractivity contribution in [3.05, 3.63) is 48.2 Å². The summed E-state index contributed by atoms with van der Waals surface area (Å²) < 4.78 is 6.41. The third kappa shape index (κ3) is 5.11. The molecule has 0 unspecified atom stereocenters. The van der Waals surface area contributed by atoms with Gasteiger partial charge in [-0.05, 0) is 49.9 Å². The molecule has 4 saturated heterocycles. The molecule has 41 heavy (non-hydrogen) atoms. The molecule has 0 saturated carbocycles. The smallest absolute Gasteiger partial charge is 0.141 e. The summed E-state index contributed by atoms with van der Waals surface area (Å²) in [6.07, 6.45) is 2.27. The lowest BCUT2D eigenvalue weighted by Gasteiger charge is -2.59. The van der Waals surface area contributed by atoms with Crippen LogP contribution < -0.4 is 20.3 Å². The van der Waals surface area contributed by atoms with E-state index in [9.17, 15) is 5.26 Å². The van der Waals surface area contributed by atoms with Gasteiger partial charge in [0.2, 0.25) is 0 Å². The molecule has 0 aliphatic carbocycles. The lowest BCUT2D eigenvalue weighted by molar-refractivity contribution is -0.0327. The molecule has 0 amide bonds. The summed E-state index contributed by atoms with van der Waals surface area (Å²) in [6, 6.07) is 14.4. The van der Waals surface area contributed by atoms with Gasteiger partial charge in [0.25, 0.3) is 0 Å². The number of rotatable bonds is 5. The van der Waals surface area contributed by atoms with Crippen LogP contribution in [0.2, 0.25) is 0 Å². The Morgan fingerprint density at radius 1 is 0.976 bits per heavy atom. The molecule has 4 aliphatic heterocycles. The van der Waals surface area contributed by atoms with E-state index in [0.29, 0.717) is 22.1 Å². The van der Waals surface area contributed by atoms with Crippen molar-refractivity contribution in [1.82, 2.24) is 19.8 Å². The number of hydrogen-bond acceptors (Lipinski definition) is 9. The highest BCUT2D eigenvalue weighted by Gasteiger charge is 2.50. The van der Waals surface area contributed by atoms with Gasteiger partial charge in [-0.2, -0.15) is 5.26 Å². The predicted octanol–water partition coefficient (Wildman–Crippen LogP) is 1.46. The highest BCUT2D eigenvalue weighted by atomic mass is 16.5. The van der Waals surface area contributed by atoms with Crippen molar-refractivity contribution in [2.75, 3.05) is 93.7 Å². The minimum Gasteiger partial charge on any atom is -0.370 e. The molecule has 2 radical (unpaired) electrons.